The zero-order chi connectivity index (χ0) is 18.1. The number of hydrogen-bond acceptors (Lipinski definition) is 5. The Kier molecular flexibility index (Phi) is 4.13. The first kappa shape index (κ1) is 16.3. The number of nitriles is 1. The molecule has 6 heteroatoms. The maximum atomic E-state index is 12.4. The van der Waals surface area contributed by atoms with Crippen LogP contribution in [0.1, 0.15) is 36.2 Å². The molecule has 4 rings (SSSR count). The van der Waals surface area contributed by atoms with E-state index in [1.54, 1.807) is 18.5 Å². The number of fused-ring (bicyclic) bond motifs is 1. The van der Waals surface area contributed by atoms with Crippen molar-refractivity contribution in [3.05, 3.63) is 64.0 Å². The molecule has 130 valence electrons. The van der Waals surface area contributed by atoms with Crippen molar-refractivity contribution in [1.82, 2.24) is 15.0 Å². The van der Waals surface area contributed by atoms with E-state index in [0.717, 1.165) is 41.8 Å². The summed E-state index contributed by atoms with van der Waals surface area (Å²) < 4.78 is 0. The van der Waals surface area contributed by atoms with E-state index in [-0.39, 0.29) is 17.0 Å². The van der Waals surface area contributed by atoms with Crippen molar-refractivity contribution < 1.29 is 0 Å². The Balaban J connectivity index is 1.83. The van der Waals surface area contributed by atoms with E-state index in [1.165, 1.54) is 5.56 Å². The third-order valence-corrected chi connectivity index (χ3v) is 5.03. The Morgan fingerprint density at radius 1 is 1.35 bits per heavy atom. The standard InChI is InChI=1S/C20H19N5O/c1-2-13-4-5-17-15(10-13)18(16(11-21)20(26)24-17)25-9-6-14(12-25)19-22-7-3-8-23-19/h3-5,7-8,10,14H,2,6,9,12H2,1H3,(H,24,26). The summed E-state index contributed by atoms with van der Waals surface area (Å²) in [5, 5.41) is 10.5. The number of aromatic nitrogens is 3. The number of pyridine rings is 1. The van der Waals surface area contributed by atoms with Gasteiger partial charge < -0.3 is 9.88 Å². The predicted molar refractivity (Wildman–Crippen MR) is 100 cm³/mol. The monoisotopic (exact) mass is 345 g/mol. The number of anilines is 1. The van der Waals surface area contributed by atoms with Gasteiger partial charge in [-0.3, -0.25) is 4.79 Å². The first-order valence-corrected chi connectivity index (χ1v) is 8.82. The number of nitrogens with one attached hydrogen (secondary N) is 1. The summed E-state index contributed by atoms with van der Waals surface area (Å²) in [4.78, 5) is 26.1. The normalized spacial score (nSPS) is 16.8. The van der Waals surface area contributed by atoms with Crippen LogP contribution >= 0.6 is 0 Å². The number of benzene rings is 1. The van der Waals surface area contributed by atoms with E-state index >= 15 is 0 Å². The maximum absolute atomic E-state index is 12.4. The highest BCUT2D eigenvalue weighted by molar-refractivity contribution is 5.95. The molecule has 26 heavy (non-hydrogen) atoms. The van der Waals surface area contributed by atoms with Crippen molar-refractivity contribution in [3.63, 3.8) is 0 Å². The van der Waals surface area contributed by atoms with Crippen molar-refractivity contribution in [2.45, 2.75) is 25.7 Å². The molecule has 0 radical (unpaired) electrons. The molecule has 1 N–H and O–H groups in total. The van der Waals surface area contributed by atoms with Gasteiger partial charge in [0.2, 0.25) is 0 Å². The third kappa shape index (κ3) is 2.72. The molecule has 3 heterocycles. The van der Waals surface area contributed by atoms with Crippen LogP contribution in [0, 0.1) is 11.3 Å². The average Bonchev–Trinajstić information content (AvgIpc) is 3.17. The minimum Gasteiger partial charge on any atom is -0.369 e. The van der Waals surface area contributed by atoms with E-state index in [4.69, 9.17) is 0 Å². The molecule has 1 aromatic carbocycles. The minimum atomic E-state index is -0.335. The first-order chi connectivity index (χ1) is 12.7. The minimum absolute atomic E-state index is 0.181. The summed E-state index contributed by atoms with van der Waals surface area (Å²) in [6.07, 6.45) is 5.30. The number of aryl methyl sites for hydroxylation is 1. The second kappa shape index (κ2) is 6.60. The van der Waals surface area contributed by atoms with Gasteiger partial charge in [0.05, 0.1) is 11.2 Å². The molecule has 0 amide bonds. The van der Waals surface area contributed by atoms with Crippen LogP contribution in [0.5, 0.6) is 0 Å². The molecule has 3 aromatic rings. The van der Waals surface area contributed by atoms with Crippen molar-refractivity contribution in [2.75, 3.05) is 18.0 Å². The second-order valence-electron chi connectivity index (χ2n) is 6.56. The molecule has 1 aliphatic heterocycles. The molecule has 1 aliphatic rings. The van der Waals surface area contributed by atoms with Gasteiger partial charge >= 0.3 is 0 Å². The third-order valence-electron chi connectivity index (χ3n) is 5.03. The highest BCUT2D eigenvalue weighted by atomic mass is 16.1. The van der Waals surface area contributed by atoms with Crippen LogP contribution < -0.4 is 10.5 Å². The molecule has 0 aliphatic carbocycles. The molecule has 6 nitrogen and oxygen atoms in total. The van der Waals surface area contributed by atoms with E-state index in [9.17, 15) is 10.1 Å². The van der Waals surface area contributed by atoms with Crippen molar-refractivity contribution in [2.24, 2.45) is 0 Å². The molecule has 0 saturated carbocycles. The zero-order valence-corrected chi connectivity index (χ0v) is 14.6. The lowest BCUT2D eigenvalue weighted by Gasteiger charge is -2.22. The highest BCUT2D eigenvalue weighted by Crippen LogP contribution is 2.34. The van der Waals surface area contributed by atoms with Crippen LogP contribution in [0.2, 0.25) is 0 Å². The Morgan fingerprint density at radius 2 is 2.15 bits per heavy atom. The Hall–Kier alpha value is -3.20. The van der Waals surface area contributed by atoms with Crippen molar-refractivity contribution >= 4 is 16.6 Å². The van der Waals surface area contributed by atoms with Crippen molar-refractivity contribution in [3.8, 4) is 6.07 Å². The van der Waals surface area contributed by atoms with Gasteiger partial charge in [0.25, 0.3) is 5.56 Å². The van der Waals surface area contributed by atoms with Crippen LogP contribution in [-0.4, -0.2) is 28.0 Å². The summed E-state index contributed by atoms with van der Waals surface area (Å²) in [5.74, 6) is 1.02. The van der Waals surface area contributed by atoms with Crippen molar-refractivity contribution in [1.29, 1.82) is 5.26 Å². The topological polar surface area (TPSA) is 85.7 Å². The SMILES string of the molecule is CCc1ccc2[nH]c(=O)c(C#N)c(N3CCC(c4ncccn4)C3)c2c1. The number of nitrogens with zero attached hydrogens (tertiary/aromatic N) is 4. The number of hydrogen-bond donors (Lipinski definition) is 1. The van der Waals surface area contributed by atoms with E-state index in [2.05, 4.69) is 38.9 Å². The molecule has 1 fully saturated rings. The summed E-state index contributed by atoms with van der Waals surface area (Å²) in [7, 11) is 0. The van der Waals surface area contributed by atoms with Crippen LogP contribution in [0.3, 0.4) is 0 Å². The number of rotatable bonds is 3. The summed E-state index contributed by atoms with van der Waals surface area (Å²) in [6, 6.07) is 9.93. The Labute approximate surface area is 151 Å². The van der Waals surface area contributed by atoms with Crippen LogP contribution in [0.4, 0.5) is 5.69 Å². The molecule has 0 spiro atoms. The highest BCUT2D eigenvalue weighted by Gasteiger charge is 2.29. The van der Waals surface area contributed by atoms with E-state index in [1.807, 2.05) is 12.1 Å². The van der Waals surface area contributed by atoms with Gasteiger partial charge in [0, 0.05) is 36.8 Å². The zero-order valence-electron chi connectivity index (χ0n) is 14.6. The fourth-order valence-corrected chi connectivity index (χ4v) is 3.67. The fraction of sp³-hybridized carbons (Fsp3) is 0.300. The van der Waals surface area contributed by atoms with Gasteiger partial charge in [0.1, 0.15) is 17.5 Å². The fourth-order valence-electron chi connectivity index (χ4n) is 3.67. The summed E-state index contributed by atoms with van der Waals surface area (Å²) >= 11 is 0. The quantitative estimate of drug-likeness (QED) is 0.789. The molecule has 1 atom stereocenters. The largest absolute Gasteiger partial charge is 0.369 e. The molecule has 1 unspecified atom stereocenters. The van der Waals surface area contributed by atoms with E-state index < -0.39 is 0 Å². The van der Waals surface area contributed by atoms with Gasteiger partial charge in [0.15, 0.2) is 0 Å². The average molecular weight is 345 g/mol. The number of H-pyrrole nitrogens is 1. The maximum Gasteiger partial charge on any atom is 0.268 e. The lowest BCUT2D eigenvalue weighted by molar-refractivity contribution is 0.709. The summed E-state index contributed by atoms with van der Waals surface area (Å²) in [6.45, 7) is 3.57. The molecular formula is C20H19N5O. The lowest BCUT2D eigenvalue weighted by atomic mass is 10.0. The smallest absolute Gasteiger partial charge is 0.268 e. The Morgan fingerprint density at radius 3 is 2.88 bits per heavy atom. The van der Waals surface area contributed by atoms with Gasteiger partial charge in [-0.25, -0.2) is 9.97 Å². The molecular weight excluding hydrogens is 326 g/mol. The van der Waals surface area contributed by atoms with Gasteiger partial charge in [-0.2, -0.15) is 5.26 Å². The lowest BCUT2D eigenvalue weighted by Crippen LogP contribution is -2.25. The van der Waals surface area contributed by atoms with Crippen LogP contribution in [0.15, 0.2) is 41.5 Å². The predicted octanol–water partition coefficient (Wildman–Crippen LogP) is 2.75. The first-order valence-electron chi connectivity index (χ1n) is 8.82. The van der Waals surface area contributed by atoms with Crippen LogP contribution in [0.25, 0.3) is 10.9 Å². The number of aromatic amines is 1. The van der Waals surface area contributed by atoms with Gasteiger partial charge in [-0.05, 0) is 36.6 Å². The second-order valence-corrected chi connectivity index (χ2v) is 6.56. The molecule has 1 saturated heterocycles. The molecule has 0 bridgehead atoms. The van der Waals surface area contributed by atoms with Gasteiger partial charge in [-0.15, -0.1) is 0 Å². The summed E-state index contributed by atoms with van der Waals surface area (Å²) in [5.41, 5.74) is 2.52. The van der Waals surface area contributed by atoms with Crippen LogP contribution in [-0.2, 0) is 6.42 Å². The Bertz CT molecular complexity index is 1050. The molecule has 2 aromatic heterocycles. The van der Waals surface area contributed by atoms with E-state index in [0.29, 0.717) is 6.54 Å². The van der Waals surface area contributed by atoms with Gasteiger partial charge in [-0.1, -0.05) is 13.0 Å².